The van der Waals surface area contributed by atoms with Crippen LogP contribution in [0.15, 0.2) is 18.3 Å². The van der Waals surface area contributed by atoms with E-state index < -0.39 is 0 Å². The Hall–Kier alpha value is -0.890. The van der Waals surface area contributed by atoms with Crippen molar-refractivity contribution in [2.24, 2.45) is 0 Å². The van der Waals surface area contributed by atoms with Gasteiger partial charge in [0.15, 0.2) is 0 Å². The van der Waals surface area contributed by atoms with Crippen molar-refractivity contribution in [2.45, 2.75) is 26.3 Å². The van der Waals surface area contributed by atoms with Gasteiger partial charge in [-0.1, -0.05) is 13.0 Å². The minimum absolute atomic E-state index is 0.443. The topological polar surface area (TPSA) is 16.1 Å². The lowest BCUT2D eigenvalue weighted by atomic mass is 10.1. The molecule has 0 bridgehead atoms. The highest BCUT2D eigenvalue weighted by atomic mass is 15.1. The molecule has 1 atom stereocenters. The minimum atomic E-state index is 0.443. The summed E-state index contributed by atoms with van der Waals surface area (Å²) in [6.07, 6.45) is 2.99. The average Bonchev–Trinajstić information content (AvgIpc) is 2.17. The van der Waals surface area contributed by atoms with Gasteiger partial charge in [-0.25, -0.2) is 0 Å². The predicted octanol–water partition coefficient (Wildman–Crippen LogP) is 2.27. The maximum Gasteiger partial charge on any atom is 0.0401 e. The van der Waals surface area contributed by atoms with Crippen LogP contribution in [-0.4, -0.2) is 24.0 Å². The summed E-state index contributed by atoms with van der Waals surface area (Å²) in [6, 6.07) is 4.71. The van der Waals surface area contributed by atoms with E-state index in [1.54, 1.807) is 0 Å². The van der Waals surface area contributed by atoms with Gasteiger partial charge in [0.05, 0.1) is 0 Å². The van der Waals surface area contributed by atoms with Gasteiger partial charge in [0.1, 0.15) is 0 Å². The molecular weight excluding hydrogens is 160 g/mol. The molecule has 1 rings (SSSR count). The van der Waals surface area contributed by atoms with E-state index in [0.717, 1.165) is 12.1 Å². The van der Waals surface area contributed by atoms with E-state index >= 15 is 0 Å². The molecule has 0 aliphatic carbocycles. The first-order chi connectivity index (χ1) is 6.15. The fourth-order valence-corrected chi connectivity index (χ4v) is 1.19. The molecule has 72 valence electrons. The molecule has 0 radical (unpaired) electrons. The van der Waals surface area contributed by atoms with Gasteiger partial charge in [0.2, 0.25) is 0 Å². The summed E-state index contributed by atoms with van der Waals surface area (Å²) in [7, 11) is 4.16. The quantitative estimate of drug-likeness (QED) is 0.706. The maximum absolute atomic E-state index is 4.37. The van der Waals surface area contributed by atoms with Crippen LogP contribution in [-0.2, 0) is 6.42 Å². The summed E-state index contributed by atoms with van der Waals surface area (Å²) in [4.78, 5) is 6.56. The Morgan fingerprint density at radius 2 is 2.08 bits per heavy atom. The van der Waals surface area contributed by atoms with E-state index in [1.807, 2.05) is 6.20 Å². The summed E-state index contributed by atoms with van der Waals surface area (Å²) in [6.45, 7) is 4.31. The van der Waals surface area contributed by atoms with Crippen LogP contribution in [0.25, 0.3) is 0 Å². The molecule has 0 fully saturated rings. The molecule has 0 aromatic carbocycles. The Labute approximate surface area is 80.6 Å². The van der Waals surface area contributed by atoms with E-state index in [2.05, 4.69) is 50.0 Å². The van der Waals surface area contributed by atoms with Gasteiger partial charge in [-0.3, -0.25) is 4.98 Å². The first kappa shape index (κ1) is 10.2. The van der Waals surface area contributed by atoms with Crippen LogP contribution in [0, 0.1) is 0 Å². The highest BCUT2D eigenvalue weighted by molar-refractivity contribution is 5.17. The molecule has 0 aliphatic rings. The monoisotopic (exact) mass is 178 g/mol. The molecule has 2 heteroatoms. The van der Waals surface area contributed by atoms with Crippen molar-refractivity contribution in [3.8, 4) is 0 Å². The minimum Gasteiger partial charge on any atom is -0.303 e. The second-order valence-electron chi connectivity index (χ2n) is 3.58. The zero-order chi connectivity index (χ0) is 9.84. The zero-order valence-electron chi connectivity index (χ0n) is 8.91. The van der Waals surface area contributed by atoms with E-state index in [1.165, 1.54) is 5.56 Å². The Balaban J connectivity index is 2.79. The standard InChI is InChI=1S/C11H18N2/c1-5-11-7-6-10(8-12-11)9(2)13(3)4/h6-9H,5H2,1-4H3/t9-/m0/s1. The first-order valence-electron chi connectivity index (χ1n) is 4.76. The third kappa shape index (κ3) is 2.52. The van der Waals surface area contributed by atoms with Crippen LogP contribution in [0.3, 0.4) is 0 Å². The number of nitrogens with zero attached hydrogens (tertiary/aromatic N) is 2. The van der Waals surface area contributed by atoms with Crippen LogP contribution in [0.2, 0.25) is 0 Å². The lowest BCUT2D eigenvalue weighted by molar-refractivity contribution is 0.320. The molecule has 0 unspecified atom stereocenters. The smallest absolute Gasteiger partial charge is 0.0401 e. The van der Waals surface area contributed by atoms with Crippen molar-refractivity contribution in [1.29, 1.82) is 0 Å². The summed E-state index contributed by atoms with van der Waals surface area (Å²) in [5, 5.41) is 0. The van der Waals surface area contributed by atoms with Crippen molar-refractivity contribution < 1.29 is 0 Å². The molecule has 0 saturated carbocycles. The maximum atomic E-state index is 4.37. The Morgan fingerprint density at radius 3 is 2.46 bits per heavy atom. The van der Waals surface area contributed by atoms with Gasteiger partial charge in [0, 0.05) is 17.9 Å². The van der Waals surface area contributed by atoms with Crippen LogP contribution in [0.4, 0.5) is 0 Å². The normalized spacial score (nSPS) is 13.3. The Morgan fingerprint density at radius 1 is 1.38 bits per heavy atom. The third-order valence-electron chi connectivity index (χ3n) is 2.47. The highest BCUT2D eigenvalue weighted by Crippen LogP contribution is 2.15. The lowest BCUT2D eigenvalue weighted by Crippen LogP contribution is -2.16. The first-order valence-corrected chi connectivity index (χ1v) is 4.76. The molecule has 1 aromatic rings. The molecule has 1 aromatic heterocycles. The number of aryl methyl sites for hydroxylation is 1. The molecule has 13 heavy (non-hydrogen) atoms. The SMILES string of the molecule is CCc1ccc([C@H](C)N(C)C)cn1. The highest BCUT2D eigenvalue weighted by Gasteiger charge is 2.06. The molecule has 0 spiro atoms. The number of aromatic nitrogens is 1. The summed E-state index contributed by atoms with van der Waals surface area (Å²) < 4.78 is 0. The zero-order valence-corrected chi connectivity index (χ0v) is 8.91. The largest absolute Gasteiger partial charge is 0.303 e. The molecule has 1 heterocycles. The molecule has 0 aliphatic heterocycles. The fourth-order valence-electron chi connectivity index (χ4n) is 1.19. The van der Waals surface area contributed by atoms with E-state index in [4.69, 9.17) is 0 Å². The Kier molecular flexibility index (Phi) is 3.43. The van der Waals surface area contributed by atoms with Crippen molar-refractivity contribution in [3.05, 3.63) is 29.6 Å². The summed E-state index contributed by atoms with van der Waals surface area (Å²) in [5.41, 5.74) is 2.44. The number of hydrogen-bond donors (Lipinski definition) is 0. The lowest BCUT2D eigenvalue weighted by Gasteiger charge is -2.19. The van der Waals surface area contributed by atoms with Crippen molar-refractivity contribution in [1.82, 2.24) is 9.88 Å². The van der Waals surface area contributed by atoms with Crippen LogP contribution >= 0.6 is 0 Å². The van der Waals surface area contributed by atoms with Gasteiger partial charge in [0.25, 0.3) is 0 Å². The summed E-state index contributed by atoms with van der Waals surface area (Å²) >= 11 is 0. The summed E-state index contributed by atoms with van der Waals surface area (Å²) in [5.74, 6) is 0. The predicted molar refractivity (Wildman–Crippen MR) is 55.7 cm³/mol. The fraction of sp³-hybridized carbons (Fsp3) is 0.545. The third-order valence-corrected chi connectivity index (χ3v) is 2.47. The van der Waals surface area contributed by atoms with E-state index in [-0.39, 0.29) is 0 Å². The van der Waals surface area contributed by atoms with E-state index in [0.29, 0.717) is 6.04 Å². The van der Waals surface area contributed by atoms with Gasteiger partial charge in [-0.2, -0.15) is 0 Å². The number of rotatable bonds is 3. The average molecular weight is 178 g/mol. The molecule has 2 nitrogen and oxygen atoms in total. The molecular formula is C11H18N2. The van der Waals surface area contributed by atoms with Crippen molar-refractivity contribution in [3.63, 3.8) is 0 Å². The second-order valence-corrected chi connectivity index (χ2v) is 3.58. The van der Waals surface area contributed by atoms with Crippen LogP contribution < -0.4 is 0 Å². The number of hydrogen-bond acceptors (Lipinski definition) is 2. The van der Waals surface area contributed by atoms with Crippen molar-refractivity contribution in [2.75, 3.05) is 14.1 Å². The van der Waals surface area contributed by atoms with Gasteiger partial charge in [-0.15, -0.1) is 0 Å². The van der Waals surface area contributed by atoms with Gasteiger partial charge < -0.3 is 4.90 Å². The van der Waals surface area contributed by atoms with Gasteiger partial charge in [-0.05, 0) is 39.1 Å². The molecule has 0 amide bonds. The Bertz CT molecular complexity index is 251. The van der Waals surface area contributed by atoms with Crippen LogP contribution in [0.5, 0.6) is 0 Å². The second kappa shape index (κ2) is 4.38. The number of pyridine rings is 1. The van der Waals surface area contributed by atoms with E-state index in [9.17, 15) is 0 Å². The van der Waals surface area contributed by atoms with Crippen LogP contribution in [0.1, 0.15) is 31.1 Å². The molecule has 0 saturated heterocycles. The van der Waals surface area contributed by atoms with Gasteiger partial charge >= 0.3 is 0 Å². The van der Waals surface area contributed by atoms with Crippen molar-refractivity contribution >= 4 is 0 Å². The molecule has 0 N–H and O–H groups in total.